The molecule has 0 aliphatic rings. The lowest BCUT2D eigenvalue weighted by atomic mass is 10.0. The molecule has 0 saturated carbocycles. The van der Waals surface area contributed by atoms with Gasteiger partial charge in [0.2, 0.25) is 0 Å². The SMILES string of the molecule is CCNC(=S)NNC(=O)[C@H](Cc1ccccc1)NC(=O)c1ccccc1. The normalized spacial score (nSPS) is 11.1. The van der Waals surface area contributed by atoms with Crippen molar-refractivity contribution in [2.45, 2.75) is 19.4 Å². The molecular weight excluding hydrogens is 348 g/mol. The van der Waals surface area contributed by atoms with Gasteiger partial charge in [0.05, 0.1) is 0 Å². The minimum absolute atomic E-state index is 0.309. The van der Waals surface area contributed by atoms with Gasteiger partial charge in [0.15, 0.2) is 5.11 Å². The summed E-state index contributed by atoms with van der Waals surface area (Å²) in [6.45, 7) is 2.54. The predicted molar refractivity (Wildman–Crippen MR) is 105 cm³/mol. The van der Waals surface area contributed by atoms with Crippen molar-refractivity contribution in [3.63, 3.8) is 0 Å². The molecule has 0 aliphatic carbocycles. The Bertz CT molecular complexity index is 738. The number of rotatable bonds is 6. The van der Waals surface area contributed by atoms with E-state index in [2.05, 4.69) is 21.5 Å². The number of hydrogen-bond donors (Lipinski definition) is 4. The van der Waals surface area contributed by atoms with Gasteiger partial charge >= 0.3 is 0 Å². The van der Waals surface area contributed by atoms with E-state index in [4.69, 9.17) is 12.2 Å². The fraction of sp³-hybridized carbons (Fsp3) is 0.211. The van der Waals surface area contributed by atoms with Crippen LogP contribution in [-0.2, 0) is 11.2 Å². The Hall–Kier alpha value is -2.93. The molecule has 0 aromatic heterocycles. The van der Waals surface area contributed by atoms with Crippen molar-refractivity contribution in [3.05, 3.63) is 71.8 Å². The van der Waals surface area contributed by atoms with Crippen LogP contribution in [0.2, 0.25) is 0 Å². The topological polar surface area (TPSA) is 82.3 Å². The van der Waals surface area contributed by atoms with Gasteiger partial charge in [-0.3, -0.25) is 20.4 Å². The standard InChI is InChI=1S/C19H22N4O2S/c1-2-20-19(26)23-22-18(25)16(13-14-9-5-3-6-10-14)21-17(24)15-11-7-4-8-12-15/h3-12,16H,2,13H2,1H3,(H,21,24)(H,22,25)(H2,20,23,26)/t16-/m0/s1. The van der Waals surface area contributed by atoms with E-state index in [1.54, 1.807) is 24.3 Å². The molecule has 2 rings (SSSR count). The quantitative estimate of drug-likeness (QED) is 0.458. The van der Waals surface area contributed by atoms with E-state index in [1.807, 2.05) is 43.3 Å². The van der Waals surface area contributed by atoms with Crippen LogP contribution in [0.25, 0.3) is 0 Å². The first-order valence-electron chi connectivity index (χ1n) is 8.33. The number of benzene rings is 2. The van der Waals surface area contributed by atoms with E-state index in [0.29, 0.717) is 23.6 Å². The van der Waals surface area contributed by atoms with Crippen molar-refractivity contribution >= 4 is 29.1 Å². The molecule has 2 aromatic carbocycles. The first kappa shape index (κ1) is 19.4. The monoisotopic (exact) mass is 370 g/mol. The van der Waals surface area contributed by atoms with E-state index < -0.39 is 6.04 Å². The third-order valence-corrected chi connectivity index (χ3v) is 3.82. The van der Waals surface area contributed by atoms with Crippen molar-refractivity contribution < 1.29 is 9.59 Å². The van der Waals surface area contributed by atoms with Gasteiger partial charge < -0.3 is 10.6 Å². The Morgan fingerprint density at radius 2 is 1.58 bits per heavy atom. The maximum Gasteiger partial charge on any atom is 0.261 e. The summed E-state index contributed by atoms with van der Waals surface area (Å²) in [5.74, 6) is -0.686. The van der Waals surface area contributed by atoms with Crippen molar-refractivity contribution in [1.29, 1.82) is 0 Å². The first-order valence-corrected chi connectivity index (χ1v) is 8.74. The van der Waals surface area contributed by atoms with E-state index in [1.165, 1.54) is 0 Å². The van der Waals surface area contributed by atoms with Crippen LogP contribution in [0.1, 0.15) is 22.8 Å². The molecule has 0 fully saturated rings. The number of amides is 2. The smallest absolute Gasteiger partial charge is 0.261 e. The Morgan fingerprint density at radius 3 is 2.19 bits per heavy atom. The molecule has 4 N–H and O–H groups in total. The molecule has 0 heterocycles. The molecule has 6 nitrogen and oxygen atoms in total. The minimum Gasteiger partial charge on any atom is -0.362 e. The fourth-order valence-corrected chi connectivity index (χ4v) is 2.50. The largest absolute Gasteiger partial charge is 0.362 e. The van der Waals surface area contributed by atoms with Crippen molar-refractivity contribution in [2.75, 3.05) is 6.54 Å². The number of nitrogens with one attached hydrogen (secondary N) is 4. The zero-order valence-electron chi connectivity index (χ0n) is 14.5. The van der Waals surface area contributed by atoms with Crippen LogP contribution in [0.3, 0.4) is 0 Å². The number of carbonyl (C=O) groups is 2. The lowest BCUT2D eigenvalue weighted by Gasteiger charge is -2.19. The molecule has 0 spiro atoms. The summed E-state index contributed by atoms with van der Waals surface area (Å²) in [6, 6.07) is 17.5. The van der Waals surface area contributed by atoms with Crippen molar-refractivity contribution in [1.82, 2.24) is 21.5 Å². The molecule has 2 amide bonds. The summed E-state index contributed by atoms with van der Waals surface area (Å²) >= 11 is 5.03. The van der Waals surface area contributed by atoms with Gasteiger partial charge in [0, 0.05) is 18.5 Å². The number of hydrazine groups is 1. The maximum atomic E-state index is 12.5. The van der Waals surface area contributed by atoms with Crippen molar-refractivity contribution in [2.24, 2.45) is 0 Å². The second-order valence-electron chi connectivity index (χ2n) is 5.56. The van der Waals surface area contributed by atoms with E-state index in [9.17, 15) is 9.59 Å². The van der Waals surface area contributed by atoms with Gasteiger partial charge in [0.25, 0.3) is 11.8 Å². The summed E-state index contributed by atoms with van der Waals surface area (Å²) in [6.07, 6.45) is 0.362. The Morgan fingerprint density at radius 1 is 0.962 bits per heavy atom. The van der Waals surface area contributed by atoms with E-state index in [-0.39, 0.29) is 11.8 Å². The summed E-state index contributed by atoms with van der Waals surface area (Å²) in [5, 5.41) is 5.97. The number of carbonyl (C=O) groups excluding carboxylic acids is 2. The molecular formula is C19H22N4O2S. The zero-order valence-corrected chi connectivity index (χ0v) is 15.3. The molecule has 136 valence electrons. The van der Waals surface area contributed by atoms with Crippen LogP contribution in [0.5, 0.6) is 0 Å². The average Bonchev–Trinajstić information content (AvgIpc) is 2.67. The molecule has 2 aromatic rings. The van der Waals surface area contributed by atoms with Crippen LogP contribution >= 0.6 is 12.2 Å². The van der Waals surface area contributed by atoms with Gasteiger partial charge in [-0.2, -0.15) is 0 Å². The van der Waals surface area contributed by atoms with Gasteiger partial charge in [-0.15, -0.1) is 0 Å². The van der Waals surface area contributed by atoms with Gasteiger partial charge in [-0.05, 0) is 36.8 Å². The van der Waals surface area contributed by atoms with E-state index >= 15 is 0 Å². The molecule has 0 aliphatic heterocycles. The third kappa shape index (κ3) is 6.18. The summed E-state index contributed by atoms with van der Waals surface area (Å²) in [5.41, 5.74) is 6.60. The summed E-state index contributed by atoms with van der Waals surface area (Å²) in [7, 11) is 0. The highest BCUT2D eigenvalue weighted by atomic mass is 32.1. The summed E-state index contributed by atoms with van der Waals surface area (Å²) < 4.78 is 0. The molecule has 0 saturated heterocycles. The average molecular weight is 370 g/mol. The minimum atomic E-state index is -0.748. The van der Waals surface area contributed by atoms with Crippen LogP contribution < -0.4 is 21.5 Å². The lowest BCUT2D eigenvalue weighted by molar-refractivity contribution is -0.123. The first-order chi connectivity index (χ1) is 12.6. The van der Waals surface area contributed by atoms with Gasteiger partial charge in [-0.25, -0.2) is 0 Å². The van der Waals surface area contributed by atoms with Crippen molar-refractivity contribution in [3.8, 4) is 0 Å². The zero-order chi connectivity index (χ0) is 18.8. The second-order valence-corrected chi connectivity index (χ2v) is 5.96. The summed E-state index contributed by atoms with van der Waals surface area (Å²) in [4.78, 5) is 25.0. The van der Waals surface area contributed by atoms with Crippen LogP contribution in [-0.4, -0.2) is 29.5 Å². The van der Waals surface area contributed by atoms with Gasteiger partial charge in [0.1, 0.15) is 6.04 Å². The van der Waals surface area contributed by atoms with Crippen LogP contribution in [0.15, 0.2) is 60.7 Å². The molecule has 0 unspecified atom stereocenters. The molecule has 26 heavy (non-hydrogen) atoms. The molecule has 1 atom stereocenters. The number of hydrogen-bond acceptors (Lipinski definition) is 3. The fourth-order valence-electron chi connectivity index (χ4n) is 2.30. The Balaban J connectivity index is 2.06. The maximum absolute atomic E-state index is 12.5. The Labute approximate surface area is 158 Å². The highest BCUT2D eigenvalue weighted by molar-refractivity contribution is 7.80. The lowest BCUT2D eigenvalue weighted by Crippen LogP contribution is -2.54. The Kier molecular flexibility index (Phi) is 7.57. The highest BCUT2D eigenvalue weighted by Crippen LogP contribution is 2.05. The van der Waals surface area contributed by atoms with Crippen LogP contribution in [0, 0.1) is 0 Å². The molecule has 0 radical (unpaired) electrons. The number of thiocarbonyl (C=S) groups is 1. The van der Waals surface area contributed by atoms with E-state index in [0.717, 1.165) is 5.56 Å². The third-order valence-electron chi connectivity index (χ3n) is 3.58. The molecule has 0 bridgehead atoms. The molecule has 7 heteroatoms. The highest BCUT2D eigenvalue weighted by Gasteiger charge is 2.22. The van der Waals surface area contributed by atoms with Gasteiger partial charge in [-0.1, -0.05) is 48.5 Å². The second kappa shape index (κ2) is 10.1. The predicted octanol–water partition coefficient (Wildman–Crippen LogP) is 1.54. The van der Waals surface area contributed by atoms with Crippen LogP contribution in [0.4, 0.5) is 0 Å².